The summed E-state index contributed by atoms with van der Waals surface area (Å²) < 4.78 is 4.88. The molecule has 0 aromatic carbocycles. The average Bonchev–Trinajstić information content (AvgIpc) is 2.12. The largest absolute Gasteiger partial charge is 0.442 e. The molecule has 4 nitrogen and oxygen atoms in total. The van der Waals surface area contributed by atoms with Gasteiger partial charge in [-0.15, -0.1) is 0 Å². The third-order valence-electron chi connectivity index (χ3n) is 1.68. The van der Waals surface area contributed by atoms with E-state index >= 15 is 0 Å². The molecule has 0 radical (unpaired) electrons. The van der Waals surface area contributed by atoms with Crippen molar-refractivity contribution in [3.63, 3.8) is 0 Å². The SMILES string of the molecule is C[C@]1(OC(N)=O)CCNC1. The lowest BCUT2D eigenvalue weighted by molar-refractivity contribution is 0.0467. The van der Waals surface area contributed by atoms with Crippen LogP contribution >= 0.6 is 0 Å². The van der Waals surface area contributed by atoms with Crippen LogP contribution in [-0.4, -0.2) is 24.8 Å². The molecule has 1 saturated heterocycles. The molecule has 3 N–H and O–H groups in total. The summed E-state index contributed by atoms with van der Waals surface area (Å²) in [7, 11) is 0. The van der Waals surface area contributed by atoms with Gasteiger partial charge in [0.15, 0.2) is 0 Å². The molecule has 1 heterocycles. The quantitative estimate of drug-likeness (QED) is 0.537. The van der Waals surface area contributed by atoms with Crippen molar-refractivity contribution in [1.82, 2.24) is 5.32 Å². The van der Waals surface area contributed by atoms with Crippen LogP contribution in [0.2, 0.25) is 0 Å². The van der Waals surface area contributed by atoms with Crippen LogP contribution in [-0.2, 0) is 4.74 Å². The van der Waals surface area contributed by atoms with Gasteiger partial charge in [-0.3, -0.25) is 0 Å². The lowest BCUT2D eigenvalue weighted by atomic mass is 10.1. The van der Waals surface area contributed by atoms with Crippen molar-refractivity contribution in [2.45, 2.75) is 18.9 Å². The lowest BCUT2D eigenvalue weighted by Gasteiger charge is -2.21. The molecule has 10 heavy (non-hydrogen) atoms. The molecular weight excluding hydrogens is 132 g/mol. The summed E-state index contributed by atoms with van der Waals surface area (Å²) in [5.74, 6) is 0. The fraction of sp³-hybridized carbons (Fsp3) is 0.833. The van der Waals surface area contributed by atoms with E-state index in [9.17, 15) is 4.79 Å². The summed E-state index contributed by atoms with van der Waals surface area (Å²) in [6.07, 6.45) is 0.154. The van der Waals surface area contributed by atoms with E-state index in [0.717, 1.165) is 13.0 Å². The molecule has 1 rings (SSSR count). The van der Waals surface area contributed by atoms with Crippen LogP contribution < -0.4 is 11.1 Å². The lowest BCUT2D eigenvalue weighted by Crippen LogP contribution is -2.35. The maximum absolute atomic E-state index is 10.3. The van der Waals surface area contributed by atoms with E-state index in [2.05, 4.69) is 5.32 Å². The summed E-state index contributed by atoms with van der Waals surface area (Å²) in [4.78, 5) is 10.3. The summed E-state index contributed by atoms with van der Waals surface area (Å²) in [6.45, 7) is 3.47. The molecule has 1 amide bonds. The Hall–Kier alpha value is -0.770. The third kappa shape index (κ3) is 1.60. The predicted molar refractivity (Wildman–Crippen MR) is 36.6 cm³/mol. The Morgan fingerprint density at radius 2 is 2.50 bits per heavy atom. The Morgan fingerprint density at radius 1 is 1.80 bits per heavy atom. The van der Waals surface area contributed by atoms with Crippen LogP contribution in [0.1, 0.15) is 13.3 Å². The summed E-state index contributed by atoms with van der Waals surface area (Å²) in [5.41, 5.74) is 4.50. The number of carbonyl (C=O) groups excluding carboxylic acids is 1. The summed E-state index contributed by atoms with van der Waals surface area (Å²) in [5, 5.41) is 3.09. The first kappa shape index (κ1) is 7.34. The first-order chi connectivity index (χ1) is 4.62. The molecule has 0 unspecified atom stereocenters. The van der Waals surface area contributed by atoms with Gasteiger partial charge in [0, 0.05) is 13.0 Å². The van der Waals surface area contributed by atoms with Gasteiger partial charge in [0.2, 0.25) is 0 Å². The van der Waals surface area contributed by atoms with Crippen molar-refractivity contribution in [3.05, 3.63) is 0 Å². The molecule has 1 aliphatic rings. The Labute approximate surface area is 59.7 Å². The molecule has 1 atom stereocenters. The molecule has 0 saturated carbocycles. The molecule has 1 aliphatic heterocycles. The maximum atomic E-state index is 10.3. The molecule has 0 bridgehead atoms. The highest BCUT2D eigenvalue weighted by atomic mass is 16.6. The second-order valence-electron chi connectivity index (χ2n) is 2.80. The van der Waals surface area contributed by atoms with Crippen molar-refractivity contribution in [2.24, 2.45) is 5.73 Å². The van der Waals surface area contributed by atoms with E-state index in [1.165, 1.54) is 0 Å². The number of carbonyl (C=O) groups is 1. The maximum Gasteiger partial charge on any atom is 0.405 e. The minimum absolute atomic E-state index is 0.369. The number of amides is 1. The predicted octanol–water partition coefficient (Wildman–Crippen LogP) is -0.166. The van der Waals surface area contributed by atoms with Crippen LogP contribution in [0.3, 0.4) is 0 Å². The minimum atomic E-state index is -0.689. The molecule has 0 aromatic rings. The number of hydrogen-bond donors (Lipinski definition) is 2. The van der Waals surface area contributed by atoms with E-state index in [4.69, 9.17) is 10.5 Å². The molecule has 1 fully saturated rings. The highest BCUT2D eigenvalue weighted by Crippen LogP contribution is 2.17. The van der Waals surface area contributed by atoms with Crippen LogP contribution in [0.4, 0.5) is 4.79 Å². The molecule has 0 spiro atoms. The fourth-order valence-corrected chi connectivity index (χ4v) is 1.12. The number of hydrogen-bond acceptors (Lipinski definition) is 3. The Morgan fingerprint density at radius 3 is 2.90 bits per heavy atom. The van der Waals surface area contributed by atoms with Gasteiger partial charge < -0.3 is 15.8 Å². The van der Waals surface area contributed by atoms with Crippen molar-refractivity contribution in [3.8, 4) is 0 Å². The zero-order chi connectivity index (χ0) is 7.61. The summed E-state index contributed by atoms with van der Waals surface area (Å²) in [6, 6.07) is 0. The molecule has 0 aliphatic carbocycles. The highest BCUT2D eigenvalue weighted by Gasteiger charge is 2.31. The zero-order valence-corrected chi connectivity index (χ0v) is 6.02. The van der Waals surface area contributed by atoms with Gasteiger partial charge in [-0.05, 0) is 13.5 Å². The van der Waals surface area contributed by atoms with Gasteiger partial charge in [0.1, 0.15) is 5.60 Å². The van der Waals surface area contributed by atoms with Crippen molar-refractivity contribution >= 4 is 6.09 Å². The van der Waals surface area contributed by atoms with E-state index in [1.807, 2.05) is 6.92 Å². The van der Waals surface area contributed by atoms with Gasteiger partial charge in [-0.2, -0.15) is 0 Å². The van der Waals surface area contributed by atoms with Gasteiger partial charge in [0.05, 0.1) is 0 Å². The number of rotatable bonds is 1. The normalized spacial score (nSPS) is 32.1. The van der Waals surface area contributed by atoms with Crippen LogP contribution in [0, 0.1) is 0 Å². The Kier molecular flexibility index (Phi) is 1.80. The first-order valence-electron chi connectivity index (χ1n) is 3.32. The van der Waals surface area contributed by atoms with Gasteiger partial charge in [-0.25, -0.2) is 4.79 Å². The first-order valence-corrected chi connectivity index (χ1v) is 3.32. The Bertz CT molecular complexity index is 141. The van der Waals surface area contributed by atoms with Crippen molar-refractivity contribution in [1.29, 1.82) is 0 Å². The van der Waals surface area contributed by atoms with E-state index in [1.54, 1.807) is 0 Å². The number of ether oxygens (including phenoxy) is 1. The molecule has 0 aromatic heterocycles. The second kappa shape index (κ2) is 2.46. The number of nitrogens with two attached hydrogens (primary N) is 1. The molecule has 4 heteroatoms. The fourth-order valence-electron chi connectivity index (χ4n) is 1.12. The van der Waals surface area contributed by atoms with Gasteiger partial charge >= 0.3 is 6.09 Å². The number of nitrogens with one attached hydrogen (secondary N) is 1. The monoisotopic (exact) mass is 144 g/mol. The Balaban J connectivity index is 2.43. The summed E-state index contributed by atoms with van der Waals surface area (Å²) >= 11 is 0. The van der Waals surface area contributed by atoms with Gasteiger partial charge in [0.25, 0.3) is 0 Å². The minimum Gasteiger partial charge on any atom is -0.442 e. The number of primary amides is 1. The second-order valence-corrected chi connectivity index (χ2v) is 2.80. The highest BCUT2D eigenvalue weighted by molar-refractivity contribution is 5.65. The molecular formula is C6H12N2O2. The van der Waals surface area contributed by atoms with Crippen LogP contribution in [0.25, 0.3) is 0 Å². The van der Waals surface area contributed by atoms with Gasteiger partial charge in [-0.1, -0.05) is 0 Å². The zero-order valence-electron chi connectivity index (χ0n) is 6.02. The third-order valence-corrected chi connectivity index (χ3v) is 1.68. The van der Waals surface area contributed by atoms with Crippen LogP contribution in [0.15, 0.2) is 0 Å². The average molecular weight is 144 g/mol. The van der Waals surface area contributed by atoms with E-state index in [0.29, 0.717) is 6.54 Å². The van der Waals surface area contributed by atoms with E-state index < -0.39 is 6.09 Å². The molecule has 58 valence electrons. The topological polar surface area (TPSA) is 64.3 Å². The standard InChI is InChI=1S/C6H12N2O2/c1-6(10-5(7)9)2-3-8-4-6/h8H,2-4H2,1H3,(H2,7,9)/t6-/m0/s1. The van der Waals surface area contributed by atoms with E-state index in [-0.39, 0.29) is 5.60 Å². The van der Waals surface area contributed by atoms with Crippen molar-refractivity contribution in [2.75, 3.05) is 13.1 Å². The smallest absolute Gasteiger partial charge is 0.405 e. The van der Waals surface area contributed by atoms with Crippen LogP contribution in [0.5, 0.6) is 0 Å². The van der Waals surface area contributed by atoms with Crippen molar-refractivity contribution < 1.29 is 9.53 Å².